The van der Waals surface area contributed by atoms with Crippen LogP contribution >= 0.6 is 0 Å². The number of nitrogens with one attached hydrogen (secondary N) is 1. The first-order chi connectivity index (χ1) is 9.24. The maximum Gasteiger partial charge on any atom is 0.125 e. The van der Waals surface area contributed by atoms with Crippen molar-refractivity contribution in [1.82, 2.24) is 0 Å². The predicted molar refractivity (Wildman–Crippen MR) is 77.2 cm³/mol. The normalized spacial score (nSPS) is 13.9. The molecule has 2 aromatic carbocycles. The van der Waals surface area contributed by atoms with E-state index in [0.717, 1.165) is 18.5 Å². The lowest BCUT2D eigenvalue weighted by atomic mass is 9.90. The van der Waals surface area contributed by atoms with Crippen molar-refractivity contribution < 1.29 is 4.39 Å². The zero-order chi connectivity index (χ0) is 13.2. The van der Waals surface area contributed by atoms with E-state index in [9.17, 15) is 4.39 Å². The van der Waals surface area contributed by atoms with E-state index < -0.39 is 0 Å². The zero-order valence-corrected chi connectivity index (χ0v) is 10.7. The van der Waals surface area contributed by atoms with E-state index in [2.05, 4.69) is 11.4 Å². The van der Waals surface area contributed by atoms with Gasteiger partial charge < -0.3 is 11.1 Å². The summed E-state index contributed by atoms with van der Waals surface area (Å²) in [6.45, 7) is 0. The number of hydrogen-bond donors (Lipinski definition) is 2. The Morgan fingerprint density at radius 3 is 2.74 bits per heavy atom. The molecule has 0 fully saturated rings. The minimum Gasteiger partial charge on any atom is -0.397 e. The molecule has 3 heteroatoms. The monoisotopic (exact) mass is 256 g/mol. The first-order valence-corrected chi connectivity index (χ1v) is 6.67. The summed E-state index contributed by atoms with van der Waals surface area (Å²) < 4.78 is 13.3. The van der Waals surface area contributed by atoms with Crippen LogP contribution in [0.2, 0.25) is 0 Å². The van der Waals surface area contributed by atoms with Crippen molar-refractivity contribution in [2.75, 3.05) is 11.1 Å². The van der Waals surface area contributed by atoms with Gasteiger partial charge in [0.1, 0.15) is 5.82 Å². The largest absolute Gasteiger partial charge is 0.397 e. The van der Waals surface area contributed by atoms with Crippen molar-refractivity contribution in [2.45, 2.75) is 25.7 Å². The lowest BCUT2D eigenvalue weighted by Gasteiger charge is -2.20. The Kier molecular flexibility index (Phi) is 3.11. The van der Waals surface area contributed by atoms with Crippen LogP contribution in [0, 0.1) is 5.82 Å². The van der Waals surface area contributed by atoms with Gasteiger partial charge in [-0.3, -0.25) is 0 Å². The Hall–Kier alpha value is -2.03. The fourth-order valence-corrected chi connectivity index (χ4v) is 2.68. The number of nitrogen functional groups attached to an aromatic ring is 1. The molecule has 0 aliphatic heterocycles. The number of benzene rings is 2. The molecule has 98 valence electrons. The fraction of sp³-hybridized carbons (Fsp3) is 0.250. The molecular formula is C16H17FN2. The van der Waals surface area contributed by atoms with Gasteiger partial charge in [-0.1, -0.05) is 12.1 Å². The van der Waals surface area contributed by atoms with Gasteiger partial charge in [-0.15, -0.1) is 0 Å². The van der Waals surface area contributed by atoms with Gasteiger partial charge in [0.15, 0.2) is 0 Å². The van der Waals surface area contributed by atoms with Crippen molar-refractivity contribution in [1.29, 1.82) is 0 Å². The second kappa shape index (κ2) is 4.92. The van der Waals surface area contributed by atoms with Gasteiger partial charge in [0.05, 0.1) is 11.4 Å². The molecule has 0 spiro atoms. The van der Waals surface area contributed by atoms with Crippen LogP contribution in [0.4, 0.5) is 21.5 Å². The van der Waals surface area contributed by atoms with Crippen molar-refractivity contribution in [3.63, 3.8) is 0 Å². The summed E-state index contributed by atoms with van der Waals surface area (Å²) in [6.07, 6.45) is 4.67. The molecule has 0 saturated heterocycles. The molecule has 0 saturated carbocycles. The van der Waals surface area contributed by atoms with E-state index in [0.29, 0.717) is 11.4 Å². The zero-order valence-electron chi connectivity index (χ0n) is 10.7. The maximum absolute atomic E-state index is 13.3. The van der Waals surface area contributed by atoms with Crippen molar-refractivity contribution in [2.24, 2.45) is 0 Å². The first-order valence-electron chi connectivity index (χ1n) is 6.67. The Bertz CT molecular complexity index is 608. The summed E-state index contributed by atoms with van der Waals surface area (Å²) in [6, 6.07) is 10.7. The van der Waals surface area contributed by atoms with Gasteiger partial charge in [-0.2, -0.15) is 0 Å². The van der Waals surface area contributed by atoms with E-state index in [1.165, 1.54) is 36.1 Å². The molecule has 19 heavy (non-hydrogen) atoms. The molecular weight excluding hydrogens is 239 g/mol. The molecule has 2 nitrogen and oxygen atoms in total. The Morgan fingerprint density at radius 2 is 1.84 bits per heavy atom. The molecule has 0 atom stereocenters. The molecule has 3 rings (SSSR count). The topological polar surface area (TPSA) is 38.0 Å². The third-order valence-corrected chi connectivity index (χ3v) is 3.68. The Labute approximate surface area is 112 Å². The van der Waals surface area contributed by atoms with Gasteiger partial charge in [-0.25, -0.2) is 4.39 Å². The van der Waals surface area contributed by atoms with Gasteiger partial charge in [0.2, 0.25) is 0 Å². The Balaban J connectivity index is 1.97. The van der Waals surface area contributed by atoms with Crippen LogP contribution in [0.5, 0.6) is 0 Å². The van der Waals surface area contributed by atoms with E-state index in [1.807, 2.05) is 12.1 Å². The predicted octanol–water partition coefficient (Wildman–Crippen LogP) is 4.03. The minimum absolute atomic E-state index is 0.276. The average molecular weight is 256 g/mol. The fourth-order valence-electron chi connectivity index (χ4n) is 2.68. The van der Waals surface area contributed by atoms with Crippen LogP contribution in [0.15, 0.2) is 36.4 Å². The third kappa shape index (κ3) is 2.41. The molecule has 0 aromatic heterocycles. The van der Waals surface area contributed by atoms with E-state index in [1.54, 1.807) is 6.07 Å². The summed E-state index contributed by atoms with van der Waals surface area (Å²) in [7, 11) is 0. The molecule has 0 amide bonds. The molecule has 1 aliphatic carbocycles. The number of anilines is 3. The highest BCUT2D eigenvalue weighted by molar-refractivity contribution is 5.74. The Morgan fingerprint density at radius 1 is 1.00 bits per heavy atom. The van der Waals surface area contributed by atoms with Crippen LogP contribution in [-0.4, -0.2) is 0 Å². The highest BCUT2D eigenvalue weighted by atomic mass is 19.1. The van der Waals surface area contributed by atoms with Crippen molar-refractivity contribution in [3.05, 3.63) is 53.3 Å². The van der Waals surface area contributed by atoms with E-state index in [4.69, 9.17) is 5.73 Å². The van der Waals surface area contributed by atoms with Crippen LogP contribution in [-0.2, 0) is 12.8 Å². The number of aryl methyl sites for hydroxylation is 1. The first kappa shape index (κ1) is 12.0. The molecule has 3 N–H and O–H groups in total. The van der Waals surface area contributed by atoms with Gasteiger partial charge >= 0.3 is 0 Å². The van der Waals surface area contributed by atoms with Crippen LogP contribution in [0.1, 0.15) is 24.0 Å². The summed E-state index contributed by atoms with van der Waals surface area (Å²) in [5.74, 6) is -0.276. The standard InChI is InChI=1S/C16H17FN2/c17-12-8-9-14(18)16(10-12)19-15-7-3-5-11-4-1-2-6-13(11)15/h3,5,7-10,19H,1-2,4,6,18H2. The van der Waals surface area contributed by atoms with Crippen LogP contribution in [0.3, 0.4) is 0 Å². The lowest BCUT2D eigenvalue weighted by Crippen LogP contribution is -2.07. The number of hydrogen-bond acceptors (Lipinski definition) is 2. The SMILES string of the molecule is Nc1ccc(F)cc1Nc1cccc2c1CCCC2. The number of fused-ring (bicyclic) bond motifs is 1. The molecule has 0 bridgehead atoms. The van der Waals surface area contributed by atoms with Gasteiger partial charge in [0, 0.05) is 5.69 Å². The van der Waals surface area contributed by atoms with Crippen LogP contribution < -0.4 is 11.1 Å². The van der Waals surface area contributed by atoms with E-state index in [-0.39, 0.29) is 5.82 Å². The highest BCUT2D eigenvalue weighted by Crippen LogP contribution is 2.31. The smallest absolute Gasteiger partial charge is 0.125 e. The number of nitrogens with two attached hydrogens (primary N) is 1. The summed E-state index contributed by atoms with van der Waals surface area (Å²) in [5, 5.41) is 3.28. The third-order valence-electron chi connectivity index (χ3n) is 3.68. The second-order valence-corrected chi connectivity index (χ2v) is 5.01. The van der Waals surface area contributed by atoms with E-state index >= 15 is 0 Å². The van der Waals surface area contributed by atoms with Crippen LogP contribution in [0.25, 0.3) is 0 Å². The van der Waals surface area contributed by atoms with Crippen molar-refractivity contribution in [3.8, 4) is 0 Å². The van der Waals surface area contributed by atoms with Gasteiger partial charge in [-0.05, 0) is 61.1 Å². The summed E-state index contributed by atoms with van der Waals surface area (Å²) in [4.78, 5) is 0. The molecule has 0 unspecified atom stereocenters. The van der Waals surface area contributed by atoms with Crippen molar-refractivity contribution >= 4 is 17.1 Å². The molecule has 0 heterocycles. The average Bonchev–Trinajstić information content (AvgIpc) is 2.43. The second-order valence-electron chi connectivity index (χ2n) is 5.01. The number of rotatable bonds is 2. The summed E-state index contributed by atoms with van der Waals surface area (Å²) >= 11 is 0. The quantitative estimate of drug-likeness (QED) is 0.796. The highest BCUT2D eigenvalue weighted by Gasteiger charge is 2.13. The minimum atomic E-state index is -0.276. The maximum atomic E-state index is 13.3. The lowest BCUT2D eigenvalue weighted by molar-refractivity contribution is 0.628. The van der Waals surface area contributed by atoms with Gasteiger partial charge in [0.25, 0.3) is 0 Å². The molecule has 0 radical (unpaired) electrons. The molecule has 1 aliphatic rings. The molecule has 2 aromatic rings. The number of halogens is 1. The summed E-state index contributed by atoms with van der Waals surface area (Å²) in [5.41, 5.74) is 10.9.